The van der Waals surface area contributed by atoms with Crippen LogP contribution in [-0.2, 0) is 0 Å². The molecule has 2 heterocycles. The monoisotopic (exact) mass is 184 g/mol. The Kier molecular flexibility index (Phi) is 3.43. The molecule has 0 unspecified atom stereocenters. The molecule has 0 aromatic heterocycles. The van der Waals surface area contributed by atoms with Crippen LogP contribution < -0.4 is 11.1 Å². The Morgan fingerprint density at radius 3 is 2.20 bits per heavy atom. The Morgan fingerprint density at radius 1 is 1.40 bits per heavy atom. The Morgan fingerprint density at radius 2 is 2.00 bits per heavy atom. The molecule has 1 saturated carbocycles. The topological polar surface area (TPSA) is 38.0 Å². The maximum absolute atomic E-state index is 5.57. The van der Waals surface area contributed by atoms with Crippen LogP contribution in [-0.4, -0.2) is 19.1 Å². The average molecular weight is 185 g/mol. The fourth-order valence-electron chi connectivity index (χ4n) is 1.87. The summed E-state index contributed by atoms with van der Waals surface area (Å²) in [6.07, 6.45) is 2.67. The van der Waals surface area contributed by atoms with E-state index in [1.807, 2.05) is 0 Å². The van der Waals surface area contributed by atoms with Crippen LogP contribution in [0, 0.1) is 5.41 Å². The van der Waals surface area contributed by atoms with Gasteiger partial charge < -0.3 is 11.1 Å². The van der Waals surface area contributed by atoms with Crippen molar-refractivity contribution in [2.24, 2.45) is 11.1 Å². The molecule has 2 bridgehead atoms. The predicted octanol–water partition coefficient (Wildman–Crippen LogP) is 0.541. The van der Waals surface area contributed by atoms with Crippen molar-refractivity contribution in [3.05, 3.63) is 0 Å². The predicted molar refractivity (Wildman–Crippen MR) is 47.0 cm³/mol. The third-order valence-corrected chi connectivity index (χ3v) is 2.56. The average Bonchev–Trinajstić information content (AvgIpc) is 2.17. The lowest BCUT2D eigenvalue weighted by atomic mass is 9.70. The largest absolute Gasteiger partial charge is 0.330 e. The first-order valence-corrected chi connectivity index (χ1v) is 3.28. The molecule has 1 aliphatic carbocycles. The Bertz CT molecular complexity index is 107. The van der Waals surface area contributed by atoms with Gasteiger partial charge in [-0.05, 0) is 24.8 Å². The summed E-state index contributed by atoms with van der Waals surface area (Å²) < 4.78 is 0. The normalized spacial score (nSPS) is 41.1. The molecule has 0 spiro atoms. The maximum Gasteiger partial charge on any atom is 0.00798 e. The van der Waals surface area contributed by atoms with Gasteiger partial charge in [0.15, 0.2) is 0 Å². The quantitative estimate of drug-likeness (QED) is 0.625. The Hall–Kier alpha value is 0.500. The van der Waals surface area contributed by atoms with Crippen molar-refractivity contribution in [1.29, 1.82) is 0 Å². The van der Waals surface area contributed by atoms with Crippen LogP contribution in [0.1, 0.15) is 12.8 Å². The lowest BCUT2D eigenvalue weighted by molar-refractivity contribution is 0.208. The highest BCUT2D eigenvalue weighted by Crippen LogP contribution is 2.44. The number of nitrogens with one attached hydrogen (secondary N) is 1. The van der Waals surface area contributed by atoms with E-state index >= 15 is 0 Å². The Balaban J connectivity index is 0.000000405. The third kappa shape index (κ3) is 1.26. The number of nitrogens with two attached hydrogens (primary N) is 1. The van der Waals surface area contributed by atoms with Gasteiger partial charge in [0.25, 0.3) is 0 Å². The van der Waals surface area contributed by atoms with E-state index in [4.69, 9.17) is 5.73 Å². The fourth-order valence-corrected chi connectivity index (χ4v) is 1.87. The molecule has 0 aromatic rings. The number of hydrogen-bond acceptors (Lipinski definition) is 2. The van der Waals surface area contributed by atoms with Gasteiger partial charge in [0.1, 0.15) is 0 Å². The highest BCUT2D eigenvalue weighted by atomic mass is 35.5. The minimum Gasteiger partial charge on any atom is -0.330 e. The lowest BCUT2D eigenvalue weighted by Gasteiger charge is -2.35. The van der Waals surface area contributed by atoms with Crippen molar-refractivity contribution in [3.63, 3.8) is 0 Å². The summed E-state index contributed by atoms with van der Waals surface area (Å²) in [7, 11) is 0. The first-order valence-electron chi connectivity index (χ1n) is 3.28. The second kappa shape index (κ2) is 3.26. The highest BCUT2D eigenvalue weighted by molar-refractivity contribution is 5.85. The van der Waals surface area contributed by atoms with E-state index in [0.29, 0.717) is 5.41 Å². The highest BCUT2D eigenvalue weighted by Gasteiger charge is 2.48. The van der Waals surface area contributed by atoms with Crippen LogP contribution in [0.25, 0.3) is 0 Å². The van der Waals surface area contributed by atoms with Gasteiger partial charge in [0.2, 0.25) is 0 Å². The van der Waals surface area contributed by atoms with Gasteiger partial charge in [-0.2, -0.15) is 0 Å². The van der Waals surface area contributed by atoms with Gasteiger partial charge in [-0.15, -0.1) is 24.8 Å². The molecule has 3 N–H and O–H groups in total. The summed E-state index contributed by atoms with van der Waals surface area (Å²) in [5.41, 5.74) is 6.11. The zero-order valence-corrected chi connectivity index (χ0v) is 7.43. The molecule has 10 heavy (non-hydrogen) atoms. The van der Waals surface area contributed by atoms with Crippen molar-refractivity contribution in [3.8, 4) is 0 Å². The molecule has 2 aliphatic heterocycles. The van der Waals surface area contributed by atoms with E-state index < -0.39 is 0 Å². The van der Waals surface area contributed by atoms with Crippen LogP contribution in [0.5, 0.6) is 0 Å². The summed E-state index contributed by atoms with van der Waals surface area (Å²) >= 11 is 0. The molecule has 0 amide bonds. The lowest BCUT2D eigenvalue weighted by Crippen LogP contribution is -2.39. The smallest absolute Gasteiger partial charge is 0.00798 e. The van der Waals surface area contributed by atoms with Crippen molar-refractivity contribution in [2.75, 3.05) is 13.1 Å². The summed E-state index contributed by atoms with van der Waals surface area (Å²) in [4.78, 5) is 0. The molecule has 0 radical (unpaired) electrons. The van der Waals surface area contributed by atoms with E-state index in [1.54, 1.807) is 0 Å². The standard InChI is InChI=1S/C6H12N2.2ClH/c7-3-6-1-5(2-6)8-4-6;;/h5,8H,1-4,7H2;2*1H. The molecule has 3 fully saturated rings. The minimum atomic E-state index is 0. The van der Waals surface area contributed by atoms with Crippen LogP contribution in [0.2, 0.25) is 0 Å². The van der Waals surface area contributed by atoms with Gasteiger partial charge in [-0.3, -0.25) is 0 Å². The minimum absolute atomic E-state index is 0. The molecular weight excluding hydrogens is 171 g/mol. The number of rotatable bonds is 1. The zero-order valence-electron chi connectivity index (χ0n) is 5.80. The van der Waals surface area contributed by atoms with Crippen molar-refractivity contribution < 1.29 is 0 Å². The first kappa shape index (κ1) is 10.5. The summed E-state index contributed by atoms with van der Waals surface area (Å²) in [6.45, 7) is 2.06. The zero-order chi connectivity index (χ0) is 5.61. The van der Waals surface area contributed by atoms with Crippen LogP contribution in [0.4, 0.5) is 0 Å². The van der Waals surface area contributed by atoms with Gasteiger partial charge in [0, 0.05) is 12.6 Å². The molecule has 3 rings (SSSR count). The number of fused-ring (bicyclic) bond motifs is 1. The molecule has 2 nitrogen and oxygen atoms in total. The van der Waals surface area contributed by atoms with Crippen LogP contribution >= 0.6 is 24.8 Å². The third-order valence-electron chi connectivity index (χ3n) is 2.56. The SMILES string of the molecule is Cl.Cl.NCC12CNC(C1)C2. The maximum atomic E-state index is 5.57. The van der Waals surface area contributed by atoms with Crippen molar-refractivity contribution in [2.45, 2.75) is 18.9 Å². The number of hydrogen-bond donors (Lipinski definition) is 2. The van der Waals surface area contributed by atoms with E-state index in [0.717, 1.165) is 12.6 Å². The van der Waals surface area contributed by atoms with Gasteiger partial charge in [-0.1, -0.05) is 0 Å². The van der Waals surface area contributed by atoms with E-state index in [2.05, 4.69) is 5.32 Å². The second-order valence-electron chi connectivity index (χ2n) is 3.19. The molecule has 0 atom stereocenters. The molecule has 3 aliphatic rings. The first-order chi connectivity index (χ1) is 3.85. The molecular formula is C6H14Cl2N2. The molecule has 2 saturated heterocycles. The van der Waals surface area contributed by atoms with Gasteiger partial charge >= 0.3 is 0 Å². The molecule has 0 aromatic carbocycles. The summed E-state index contributed by atoms with van der Waals surface area (Å²) in [5.74, 6) is 0. The molecule has 62 valence electrons. The number of halogens is 2. The van der Waals surface area contributed by atoms with E-state index in [-0.39, 0.29) is 24.8 Å². The summed E-state index contributed by atoms with van der Waals surface area (Å²) in [6, 6.07) is 0.832. The van der Waals surface area contributed by atoms with Crippen LogP contribution in [0.15, 0.2) is 0 Å². The Labute approximate surface area is 73.7 Å². The second-order valence-corrected chi connectivity index (χ2v) is 3.19. The fraction of sp³-hybridized carbons (Fsp3) is 1.00. The van der Waals surface area contributed by atoms with Crippen LogP contribution in [0.3, 0.4) is 0 Å². The van der Waals surface area contributed by atoms with Gasteiger partial charge in [0.05, 0.1) is 0 Å². The van der Waals surface area contributed by atoms with E-state index in [1.165, 1.54) is 19.4 Å². The van der Waals surface area contributed by atoms with Gasteiger partial charge in [-0.25, -0.2) is 0 Å². The summed E-state index contributed by atoms with van der Waals surface area (Å²) in [5, 5.41) is 3.41. The molecule has 4 heteroatoms. The van der Waals surface area contributed by atoms with Crippen molar-refractivity contribution in [1.82, 2.24) is 5.32 Å². The van der Waals surface area contributed by atoms with E-state index in [9.17, 15) is 0 Å². The van der Waals surface area contributed by atoms with Crippen molar-refractivity contribution >= 4 is 24.8 Å².